The van der Waals surface area contributed by atoms with Crippen molar-refractivity contribution in [1.82, 2.24) is 10.2 Å². The fourth-order valence-corrected chi connectivity index (χ4v) is 4.18. The van der Waals surface area contributed by atoms with Gasteiger partial charge in [0.05, 0.1) is 24.7 Å². The molecule has 0 saturated carbocycles. The van der Waals surface area contributed by atoms with Crippen molar-refractivity contribution in [1.29, 1.82) is 0 Å². The molecule has 0 unspecified atom stereocenters. The van der Waals surface area contributed by atoms with E-state index in [1.54, 1.807) is 11.8 Å². The number of benzene rings is 1. The number of rotatable bonds is 8. The van der Waals surface area contributed by atoms with Crippen LogP contribution >= 0.6 is 11.8 Å². The molecule has 3 rings (SSSR count). The van der Waals surface area contributed by atoms with Crippen molar-refractivity contribution in [2.24, 2.45) is 0 Å². The average Bonchev–Trinajstić information content (AvgIpc) is 2.68. The molecular formula is C19H27N3O3S. The van der Waals surface area contributed by atoms with Crippen LogP contribution in [0.1, 0.15) is 19.3 Å². The van der Waals surface area contributed by atoms with E-state index in [2.05, 4.69) is 10.2 Å². The van der Waals surface area contributed by atoms with E-state index in [0.717, 1.165) is 49.9 Å². The quantitative estimate of drug-likeness (QED) is 0.700. The highest BCUT2D eigenvalue weighted by atomic mass is 32.2. The number of amides is 2. The second-order valence-electron chi connectivity index (χ2n) is 6.56. The average molecular weight is 378 g/mol. The maximum atomic E-state index is 12.2. The zero-order valence-corrected chi connectivity index (χ0v) is 15.9. The zero-order valence-electron chi connectivity index (χ0n) is 15.1. The summed E-state index contributed by atoms with van der Waals surface area (Å²) in [6, 6.07) is 7.96. The van der Waals surface area contributed by atoms with Crippen LogP contribution in [0.15, 0.2) is 29.2 Å². The van der Waals surface area contributed by atoms with E-state index in [9.17, 15) is 9.59 Å². The molecule has 0 bridgehead atoms. The summed E-state index contributed by atoms with van der Waals surface area (Å²) in [6.07, 6.45) is 2.09. The highest BCUT2D eigenvalue weighted by Crippen LogP contribution is 2.34. The summed E-state index contributed by atoms with van der Waals surface area (Å²) in [4.78, 5) is 29.5. The smallest absolute Gasteiger partial charge is 0.237 e. The lowest BCUT2D eigenvalue weighted by atomic mass is 10.2. The molecule has 2 aliphatic heterocycles. The zero-order chi connectivity index (χ0) is 18.2. The van der Waals surface area contributed by atoms with Crippen LogP contribution in [0.25, 0.3) is 0 Å². The van der Waals surface area contributed by atoms with Gasteiger partial charge in [-0.3, -0.25) is 14.5 Å². The minimum Gasteiger partial charge on any atom is -0.379 e. The molecule has 0 atom stereocenters. The van der Waals surface area contributed by atoms with E-state index in [1.165, 1.54) is 0 Å². The number of carbonyl (C=O) groups excluding carboxylic acids is 2. The Balaban J connectivity index is 1.33. The van der Waals surface area contributed by atoms with Gasteiger partial charge in [-0.15, -0.1) is 11.8 Å². The standard InChI is InChI=1S/C19H27N3O3S/c23-18(20-8-4-9-21-11-13-25-14-12-21)7-3-10-22-16-5-1-2-6-17(16)26-15-19(22)24/h1-2,5-6H,3-4,7-15H2,(H,20,23). The Morgan fingerprint density at radius 1 is 1.15 bits per heavy atom. The molecule has 0 aromatic heterocycles. The van der Waals surface area contributed by atoms with E-state index < -0.39 is 0 Å². The first-order valence-electron chi connectivity index (χ1n) is 9.33. The van der Waals surface area contributed by atoms with Gasteiger partial charge in [0.2, 0.25) is 11.8 Å². The number of carbonyl (C=O) groups is 2. The number of nitrogens with one attached hydrogen (secondary N) is 1. The van der Waals surface area contributed by atoms with Gasteiger partial charge in [0, 0.05) is 37.5 Å². The molecule has 0 spiro atoms. The number of thioether (sulfide) groups is 1. The molecule has 1 saturated heterocycles. The Morgan fingerprint density at radius 2 is 1.96 bits per heavy atom. The van der Waals surface area contributed by atoms with Crippen molar-refractivity contribution < 1.29 is 14.3 Å². The van der Waals surface area contributed by atoms with Gasteiger partial charge in [-0.05, 0) is 31.5 Å². The maximum absolute atomic E-state index is 12.2. The fourth-order valence-electron chi connectivity index (χ4n) is 3.24. The lowest BCUT2D eigenvalue weighted by Crippen LogP contribution is -2.38. The highest BCUT2D eigenvalue weighted by Gasteiger charge is 2.23. The predicted molar refractivity (Wildman–Crippen MR) is 104 cm³/mol. The Labute approximate surface area is 159 Å². The number of nitrogens with zero attached hydrogens (tertiary/aromatic N) is 2. The van der Waals surface area contributed by atoms with Crippen molar-refractivity contribution in [2.45, 2.75) is 24.2 Å². The number of anilines is 1. The van der Waals surface area contributed by atoms with Gasteiger partial charge in [-0.25, -0.2) is 0 Å². The lowest BCUT2D eigenvalue weighted by Gasteiger charge is -2.28. The molecule has 26 heavy (non-hydrogen) atoms. The van der Waals surface area contributed by atoms with Crippen molar-refractivity contribution in [2.75, 3.05) is 56.6 Å². The number of hydrogen-bond donors (Lipinski definition) is 1. The summed E-state index contributed by atoms with van der Waals surface area (Å²) in [5, 5.41) is 2.99. The topological polar surface area (TPSA) is 61.9 Å². The van der Waals surface area contributed by atoms with Gasteiger partial charge in [-0.1, -0.05) is 12.1 Å². The molecule has 142 valence electrons. The van der Waals surface area contributed by atoms with Crippen LogP contribution in [0.3, 0.4) is 0 Å². The minimum atomic E-state index is 0.0686. The molecule has 7 heteroatoms. The van der Waals surface area contributed by atoms with Crippen LogP contribution in [0.2, 0.25) is 0 Å². The van der Waals surface area contributed by atoms with E-state index in [0.29, 0.717) is 31.7 Å². The highest BCUT2D eigenvalue weighted by molar-refractivity contribution is 8.00. The first-order valence-corrected chi connectivity index (χ1v) is 10.3. The SMILES string of the molecule is O=C(CCCN1C(=O)CSc2ccccc21)NCCCN1CCOCC1. The van der Waals surface area contributed by atoms with Gasteiger partial charge in [0.1, 0.15) is 0 Å². The van der Waals surface area contributed by atoms with Crippen LogP contribution in [0.4, 0.5) is 5.69 Å². The van der Waals surface area contributed by atoms with Crippen molar-refractivity contribution in [3.63, 3.8) is 0 Å². The summed E-state index contributed by atoms with van der Waals surface area (Å²) in [7, 11) is 0. The lowest BCUT2D eigenvalue weighted by molar-refractivity contribution is -0.121. The van der Waals surface area contributed by atoms with Crippen molar-refractivity contribution in [3.05, 3.63) is 24.3 Å². The third kappa shape index (κ3) is 5.46. The third-order valence-electron chi connectivity index (χ3n) is 4.67. The number of para-hydroxylation sites is 1. The van der Waals surface area contributed by atoms with Gasteiger partial charge in [-0.2, -0.15) is 0 Å². The number of fused-ring (bicyclic) bond motifs is 1. The number of morpholine rings is 1. The molecule has 6 nitrogen and oxygen atoms in total. The summed E-state index contributed by atoms with van der Waals surface area (Å²) >= 11 is 1.58. The molecule has 1 aromatic rings. The van der Waals surface area contributed by atoms with Crippen LogP contribution in [-0.2, 0) is 14.3 Å². The third-order valence-corrected chi connectivity index (χ3v) is 5.72. The molecule has 0 aliphatic carbocycles. The molecule has 0 radical (unpaired) electrons. The Bertz CT molecular complexity index is 620. The Hall–Kier alpha value is -1.57. The van der Waals surface area contributed by atoms with Crippen LogP contribution < -0.4 is 10.2 Å². The second kappa shape index (κ2) is 9.94. The van der Waals surface area contributed by atoms with Gasteiger partial charge < -0.3 is 15.0 Å². The Morgan fingerprint density at radius 3 is 2.81 bits per heavy atom. The summed E-state index contributed by atoms with van der Waals surface area (Å²) < 4.78 is 5.33. The normalized spacial score (nSPS) is 17.8. The maximum Gasteiger partial charge on any atom is 0.237 e. The van der Waals surface area contributed by atoms with E-state index in [4.69, 9.17) is 4.74 Å². The summed E-state index contributed by atoms with van der Waals surface area (Å²) in [5.74, 6) is 0.670. The van der Waals surface area contributed by atoms with Crippen molar-refractivity contribution in [3.8, 4) is 0 Å². The summed E-state index contributed by atoms with van der Waals surface area (Å²) in [6.45, 7) is 5.89. The largest absolute Gasteiger partial charge is 0.379 e. The fraction of sp³-hybridized carbons (Fsp3) is 0.579. The first kappa shape index (κ1) is 19.2. The second-order valence-corrected chi connectivity index (χ2v) is 7.58. The van der Waals surface area contributed by atoms with Crippen LogP contribution in [-0.4, -0.2) is 68.4 Å². The first-order chi connectivity index (χ1) is 12.7. The minimum absolute atomic E-state index is 0.0686. The monoisotopic (exact) mass is 377 g/mol. The van der Waals surface area contributed by atoms with E-state index >= 15 is 0 Å². The molecule has 2 amide bonds. The van der Waals surface area contributed by atoms with E-state index in [1.807, 2.05) is 29.2 Å². The van der Waals surface area contributed by atoms with Gasteiger partial charge >= 0.3 is 0 Å². The number of ether oxygens (including phenoxy) is 1. The molecular weight excluding hydrogens is 350 g/mol. The molecule has 1 fully saturated rings. The molecule has 2 heterocycles. The molecule has 1 aromatic carbocycles. The van der Waals surface area contributed by atoms with Crippen LogP contribution in [0, 0.1) is 0 Å². The van der Waals surface area contributed by atoms with Crippen LogP contribution in [0.5, 0.6) is 0 Å². The van der Waals surface area contributed by atoms with Gasteiger partial charge in [0.15, 0.2) is 0 Å². The van der Waals surface area contributed by atoms with E-state index in [-0.39, 0.29) is 11.8 Å². The molecule has 1 N–H and O–H groups in total. The van der Waals surface area contributed by atoms with Gasteiger partial charge in [0.25, 0.3) is 0 Å². The van der Waals surface area contributed by atoms with Crippen molar-refractivity contribution >= 4 is 29.3 Å². The predicted octanol–water partition coefficient (Wildman–Crippen LogP) is 1.74. The molecule has 2 aliphatic rings. The summed E-state index contributed by atoms with van der Waals surface area (Å²) in [5.41, 5.74) is 0.972. The number of hydrogen-bond acceptors (Lipinski definition) is 5. The Kier molecular flexibility index (Phi) is 7.34.